The van der Waals surface area contributed by atoms with Crippen LogP contribution in [-0.4, -0.2) is 62.5 Å². The zero-order valence-electron chi connectivity index (χ0n) is 21.7. The van der Waals surface area contributed by atoms with Crippen LogP contribution in [0.15, 0.2) is 91.1 Å². The van der Waals surface area contributed by atoms with Gasteiger partial charge < -0.3 is 39.4 Å². The molecule has 214 valence electrons. The van der Waals surface area contributed by atoms with Crippen LogP contribution in [0, 0.1) is 5.92 Å². The fraction of sp³-hybridized carbons (Fsp3) is 0.241. The Labute approximate surface area is 235 Å². The van der Waals surface area contributed by atoms with Crippen LogP contribution in [0.2, 0.25) is 0 Å². The van der Waals surface area contributed by atoms with Gasteiger partial charge in [0.05, 0.1) is 28.9 Å². The maximum Gasteiger partial charge on any atom is 0.340 e. The van der Waals surface area contributed by atoms with E-state index in [4.69, 9.17) is 19.9 Å². The Kier molecular flexibility index (Phi) is 8.25. The van der Waals surface area contributed by atoms with Crippen LogP contribution in [-0.2, 0) is 18.8 Å². The maximum absolute atomic E-state index is 13.2. The van der Waals surface area contributed by atoms with E-state index in [0.29, 0.717) is 5.52 Å². The summed E-state index contributed by atoms with van der Waals surface area (Å²) in [7, 11) is -4.73. The van der Waals surface area contributed by atoms with Crippen molar-refractivity contribution in [2.45, 2.75) is 24.5 Å². The van der Waals surface area contributed by atoms with Gasteiger partial charge in [0.1, 0.15) is 12.7 Å². The second-order valence-corrected chi connectivity index (χ2v) is 11.5. The molecule has 5 atom stereocenters. The van der Waals surface area contributed by atoms with Gasteiger partial charge in [0.15, 0.2) is 12.3 Å². The summed E-state index contributed by atoms with van der Waals surface area (Å²) in [5.74, 6) is -2.80. The molecule has 0 aliphatic carbocycles. The van der Waals surface area contributed by atoms with Crippen LogP contribution >= 0.6 is 7.60 Å². The predicted octanol–water partition coefficient (Wildman–Crippen LogP) is 3.36. The Bertz CT molecular complexity index is 1590. The lowest BCUT2D eigenvalue weighted by Crippen LogP contribution is -2.56. The van der Waals surface area contributed by atoms with E-state index in [2.05, 4.69) is 0 Å². The van der Waals surface area contributed by atoms with E-state index in [-0.39, 0.29) is 16.8 Å². The van der Waals surface area contributed by atoms with Gasteiger partial charge in [-0.15, -0.1) is 0 Å². The van der Waals surface area contributed by atoms with Gasteiger partial charge in [0, 0.05) is 17.8 Å². The van der Waals surface area contributed by atoms with Crippen LogP contribution in [0.5, 0.6) is 0 Å². The van der Waals surface area contributed by atoms with Crippen LogP contribution < -0.4 is 5.73 Å². The molecular formula is C29H29N2O9P. The molecule has 1 aliphatic rings. The van der Waals surface area contributed by atoms with Gasteiger partial charge in [-0.1, -0.05) is 48.5 Å². The molecule has 5 rings (SSSR count). The van der Waals surface area contributed by atoms with Crippen molar-refractivity contribution >= 4 is 36.1 Å². The standard InChI is InChI=1S/C29H29N2O9P/c30-22-12-6-5-11-20(22)29(34)38-16-24-25(32)21(17-41(35,36)37)26(40-28(33)19-9-2-1-3-10-19)27(39-24)31-15-14-18-8-4-7-13-23(18)31/h1-15,21,24-27,32H,16-17,30H2,(H2,35,36,37). The fourth-order valence-corrected chi connectivity index (χ4v) is 6.00. The highest BCUT2D eigenvalue weighted by Gasteiger charge is 2.50. The highest BCUT2D eigenvalue weighted by molar-refractivity contribution is 7.51. The number of carbonyl (C=O) groups excluding carboxylic acids is 2. The van der Waals surface area contributed by atoms with Gasteiger partial charge >= 0.3 is 19.5 Å². The third-order valence-electron chi connectivity index (χ3n) is 7.00. The van der Waals surface area contributed by atoms with Crippen molar-refractivity contribution < 1.29 is 43.3 Å². The predicted molar refractivity (Wildman–Crippen MR) is 149 cm³/mol. The zero-order valence-corrected chi connectivity index (χ0v) is 22.6. The molecule has 0 bridgehead atoms. The Morgan fingerprint density at radius 3 is 2.34 bits per heavy atom. The molecule has 5 unspecified atom stereocenters. The number of carbonyl (C=O) groups is 2. The molecule has 5 N–H and O–H groups in total. The first-order chi connectivity index (χ1) is 19.6. The molecule has 0 spiro atoms. The molecule has 1 fully saturated rings. The molecule has 0 amide bonds. The summed E-state index contributed by atoms with van der Waals surface area (Å²) in [5.41, 5.74) is 7.10. The molecule has 0 saturated carbocycles. The number of nitrogen functional groups attached to an aromatic ring is 1. The minimum atomic E-state index is -4.73. The van der Waals surface area contributed by atoms with Gasteiger partial charge in [-0.25, -0.2) is 9.59 Å². The highest BCUT2D eigenvalue weighted by Crippen LogP contribution is 2.45. The summed E-state index contributed by atoms with van der Waals surface area (Å²) in [5, 5.41) is 12.2. The third-order valence-corrected chi connectivity index (χ3v) is 7.90. The van der Waals surface area contributed by atoms with E-state index in [1.807, 2.05) is 24.3 Å². The number of nitrogens with two attached hydrogens (primary N) is 1. The molecule has 11 nitrogen and oxygen atoms in total. The zero-order chi connectivity index (χ0) is 29.1. The number of nitrogens with zero attached hydrogens (tertiary/aromatic N) is 1. The number of ether oxygens (including phenoxy) is 3. The van der Waals surface area contributed by atoms with Gasteiger partial charge in [-0.2, -0.15) is 0 Å². The number of rotatable bonds is 8. The van der Waals surface area contributed by atoms with Crippen LogP contribution in [0.3, 0.4) is 0 Å². The topological polar surface area (TPSA) is 171 Å². The summed E-state index contributed by atoms with van der Waals surface area (Å²) in [6, 6.07) is 23.5. The number of esters is 2. The van der Waals surface area contributed by atoms with E-state index < -0.39 is 62.8 Å². The lowest BCUT2D eigenvalue weighted by molar-refractivity contribution is -0.228. The van der Waals surface area contributed by atoms with Crippen molar-refractivity contribution in [2.75, 3.05) is 18.5 Å². The lowest BCUT2D eigenvalue weighted by atomic mass is 9.89. The van der Waals surface area contributed by atoms with Crippen LogP contribution in [0.1, 0.15) is 26.9 Å². The fourth-order valence-electron chi connectivity index (χ4n) is 5.02. The number of aliphatic hydroxyl groups is 1. The molecule has 1 saturated heterocycles. The monoisotopic (exact) mass is 580 g/mol. The van der Waals surface area contributed by atoms with Crippen molar-refractivity contribution in [3.05, 3.63) is 102 Å². The Hall–Kier alpha value is -3.99. The number of fused-ring (bicyclic) bond motifs is 1. The second kappa shape index (κ2) is 11.9. The first-order valence-electron chi connectivity index (χ1n) is 12.8. The average molecular weight is 581 g/mol. The lowest BCUT2D eigenvalue weighted by Gasteiger charge is -2.44. The number of anilines is 1. The Morgan fingerprint density at radius 1 is 0.927 bits per heavy atom. The van der Waals surface area contributed by atoms with Crippen molar-refractivity contribution in [1.29, 1.82) is 0 Å². The van der Waals surface area contributed by atoms with Crippen molar-refractivity contribution in [2.24, 2.45) is 5.92 Å². The smallest absolute Gasteiger partial charge is 0.340 e. The van der Waals surface area contributed by atoms with Gasteiger partial charge in [-0.3, -0.25) is 4.57 Å². The summed E-state index contributed by atoms with van der Waals surface area (Å²) >= 11 is 0. The van der Waals surface area contributed by atoms with E-state index in [1.54, 1.807) is 47.2 Å². The summed E-state index contributed by atoms with van der Waals surface area (Å²) in [6.45, 7) is -0.457. The van der Waals surface area contributed by atoms with Gasteiger partial charge in [0.2, 0.25) is 0 Å². The molecule has 0 radical (unpaired) electrons. The van der Waals surface area contributed by atoms with Gasteiger partial charge in [-0.05, 0) is 41.8 Å². The summed E-state index contributed by atoms with van der Waals surface area (Å²) in [6.07, 6.45) is -4.37. The van der Waals surface area contributed by atoms with Crippen molar-refractivity contribution in [1.82, 2.24) is 4.57 Å². The van der Waals surface area contributed by atoms with Crippen molar-refractivity contribution in [3.8, 4) is 0 Å². The average Bonchev–Trinajstić information content (AvgIpc) is 3.38. The van der Waals surface area contributed by atoms with Crippen LogP contribution in [0.4, 0.5) is 5.69 Å². The van der Waals surface area contributed by atoms with Gasteiger partial charge in [0.25, 0.3) is 0 Å². The Balaban J connectivity index is 1.51. The van der Waals surface area contributed by atoms with E-state index >= 15 is 0 Å². The van der Waals surface area contributed by atoms with E-state index in [0.717, 1.165) is 5.39 Å². The number of hydrogen-bond donors (Lipinski definition) is 4. The normalized spacial score (nSPS) is 22.8. The minimum absolute atomic E-state index is 0.118. The Morgan fingerprint density at radius 2 is 1.61 bits per heavy atom. The minimum Gasteiger partial charge on any atom is -0.459 e. The summed E-state index contributed by atoms with van der Waals surface area (Å²) in [4.78, 5) is 45.8. The van der Waals surface area contributed by atoms with E-state index in [9.17, 15) is 29.0 Å². The van der Waals surface area contributed by atoms with E-state index in [1.165, 1.54) is 24.3 Å². The number of aromatic nitrogens is 1. The van der Waals surface area contributed by atoms with Crippen LogP contribution in [0.25, 0.3) is 10.9 Å². The maximum atomic E-state index is 13.2. The second-order valence-electron chi connectivity index (χ2n) is 9.77. The summed E-state index contributed by atoms with van der Waals surface area (Å²) < 4.78 is 31.4. The quantitative estimate of drug-likeness (QED) is 0.138. The molecule has 2 heterocycles. The molecule has 3 aromatic carbocycles. The number of aliphatic hydroxyl groups excluding tert-OH is 1. The first kappa shape index (κ1) is 28.5. The SMILES string of the molecule is Nc1ccccc1C(=O)OCC1OC(n2ccc3ccccc32)C(OC(=O)c2ccccc2)C(CP(=O)(O)O)C1O. The molecule has 1 aliphatic heterocycles. The number of para-hydroxylation sites is 2. The number of hydrogen-bond acceptors (Lipinski definition) is 8. The van der Waals surface area contributed by atoms with Crippen molar-refractivity contribution in [3.63, 3.8) is 0 Å². The molecule has 41 heavy (non-hydrogen) atoms. The molecule has 1 aromatic heterocycles. The third kappa shape index (κ3) is 6.35. The molecule has 12 heteroatoms. The highest BCUT2D eigenvalue weighted by atomic mass is 31.2. The molecule has 4 aromatic rings. The number of benzene rings is 3. The first-order valence-corrected chi connectivity index (χ1v) is 14.6. The molecular weight excluding hydrogens is 551 g/mol. The largest absolute Gasteiger partial charge is 0.459 e.